The highest BCUT2D eigenvalue weighted by molar-refractivity contribution is 4.92. The summed E-state index contributed by atoms with van der Waals surface area (Å²) in [5.74, 6) is 2.59. The first-order valence-electron chi connectivity index (χ1n) is 2.97. The molecule has 1 heteroatoms. The van der Waals surface area contributed by atoms with Gasteiger partial charge in [0, 0.05) is 25.4 Å². The number of rotatable bonds is 2. The van der Waals surface area contributed by atoms with Crippen molar-refractivity contribution >= 4 is 0 Å². The van der Waals surface area contributed by atoms with Crippen LogP contribution < -0.4 is 0 Å². The topological polar surface area (TPSA) is 4.93 Å². The number of aryl methyl sites for hydroxylation is 1. The SMILES string of the molecule is C#CCCn1cccc1. The number of terminal acetylenes is 1. The zero-order valence-corrected chi connectivity index (χ0v) is 5.25. The molecule has 0 bridgehead atoms. The maximum atomic E-state index is 5.08. The summed E-state index contributed by atoms with van der Waals surface area (Å²) in [6.45, 7) is 0.934. The van der Waals surface area contributed by atoms with Crippen molar-refractivity contribution < 1.29 is 0 Å². The Labute approximate surface area is 55.3 Å². The van der Waals surface area contributed by atoms with Gasteiger partial charge in [0.25, 0.3) is 0 Å². The second-order valence-electron chi connectivity index (χ2n) is 1.87. The molecule has 0 spiro atoms. The van der Waals surface area contributed by atoms with Crippen LogP contribution in [0.3, 0.4) is 0 Å². The number of aromatic nitrogens is 1. The van der Waals surface area contributed by atoms with Crippen molar-refractivity contribution in [1.82, 2.24) is 4.57 Å². The summed E-state index contributed by atoms with van der Waals surface area (Å²) in [4.78, 5) is 0. The smallest absolute Gasteiger partial charge is 0.0329 e. The maximum absolute atomic E-state index is 5.08. The van der Waals surface area contributed by atoms with Crippen molar-refractivity contribution in [3.05, 3.63) is 24.5 Å². The molecule has 0 N–H and O–H groups in total. The summed E-state index contributed by atoms with van der Waals surface area (Å²) in [5, 5.41) is 0. The van der Waals surface area contributed by atoms with Gasteiger partial charge in [0.1, 0.15) is 0 Å². The molecule has 0 fully saturated rings. The van der Waals surface area contributed by atoms with Crippen molar-refractivity contribution in [3.8, 4) is 12.3 Å². The molecule has 1 aromatic heterocycles. The molecular weight excluding hydrogens is 110 g/mol. The largest absolute Gasteiger partial charge is 0.353 e. The van der Waals surface area contributed by atoms with Crippen molar-refractivity contribution in [2.24, 2.45) is 0 Å². The number of nitrogens with zero attached hydrogens (tertiary/aromatic N) is 1. The van der Waals surface area contributed by atoms with Crippen LogP contribution >= 0.6 is 0 Å². The predicted molar refractivity (Wildman–Crippen MR) is 37.9 cm³/mol. The van der Waals surface area contributed by atoms with Gasteiger partial charge in [-0.05, 0) is 12.1 Å². The molecular formula is C8H9N. The lowest BCUT2D eigenvalue weighted by molar-refractivity contribution is 0.725. The summed E-state index contributed by atoms with van der Waals surface area (Å²) < 4.78 is 2.07. The Bertz CT molecular complexity index is 191. The van der Waals surface area contributed by atoms with Gasteiger partial charge >= 0.3 is 0 Å². The fourth-order valence-corrected chi connectivity index (χ4v) is 0.713. The first-order chi connectivity index (χ1) is 4.43. The van der Waals surface area contributed by atoms with Gasteiger partial charge in [-0.25, -0.2) is 0 Å². The van der Waals surface area contributed by atoms with E-state index in [2.05, 4.69) is 10.5 Å². The Morgan fingerprint density at radius 1 is 1.33 bits per heavy atom. The summed E-state index contributed by atoms with van der Waals surface area (Å²) in [7, 11) is 0. The van der Waals surface area contributed by atoms with E-state index in [9.17, 15) is 0 Å². The summed E-state index contributed by atoms with van der Waals surface area (Å²) in [6, 6.07) is 3.99. The van der Waals surface area contributed by atoms with E-state index >= 15 is 0 Å². The van der Waals surface area contributed by atoms with Gasteiger partial charge in [0.05, 0.1) is 0 Å². The van der Waals surface area contributed by atoms with Crippen LogP contribution in [0.15, 0.2) is 24.5 Å². The van der Waals surface area contributed by atoms with E-state index in [1.165, 1.54) is 0 Å². The molecule has 0 unspecified atom stereocenters. The molecule has 0 atom stereocenters. The molecule has 1 nitrogen and oxygen atoms in total. The number of hydrogen-bond donors (Lipinski definition) is 0. The average molecular weight is 119 g/mol. The van der Waals surface area contributed by atoms with Crippen molar-refractivity contribution in [3.63, 3.8) is 0 Å². The second kappa shape index (κ2) is 2.99. The molecule has 0 aliphatic carbocycles. The maximum Gasteiger partial charge on any atom is 0.0329 e. The zero-order chi connectivity index (χ0) is 6.53. The van der Waals surface area contributed by atoms with Gasteiger partial charge in [-0.15, -0.1) is 12.3 Å². The minimum atomic E-state index is 0.814. The highest BCUT2D eigenvalue weighted by atomic mass is 14.9. The summed E-state index contributed by atoms with van der Waals surface area (Å²) in [5.41, 5.74) is 0. The van der Waals surface area contributed by atoms with Crippen LogP contribution in [0.5, 0.6) is 0 Å². The Hall–Kier alpha value is -1.16. The van der Waals surface area contributed by atoms with Crippen LogP contribution in [-0.4, -0.2) is 4.57 Å². The lowest BCUT2D eigenvalue weighted by Gasteiger charge is -1.94. The normalized spacial score (nSPS) is 8.78. The average Bonchev–Trinajstić information content (AvgIpc) is 2.34. The first-order valence-corrected chi connectivity index (χ1v) is 2.97. The van der Waals surface area contributed by atoms with E-state index < -0.39 is 0 Å². The van der Waals surface area contributed by atoms with Crippen molar-refractivity contribution in [1.29, 1.82) is 0 Å². The lowest BCUT2D eigenvalue weighted by Crippen LogP contribution is -1.90. The van der Waals surface area contributed by atoms with Gasteiger partial charge < -0.3 is 4.57 Å². The van der Waals surface area contributed by atoms with Crippen LogP contribution in [0.25, 0.3) is 0 Å². The molecule has 0 aromatic carbocycles. The molecule has 0 aliphatic rings. The van der Waals surface area contributed by atoms with E-state index in [0.717, 1.165) is 13.0 Å². The monoisotopic (exact) mass is 119 g/mol. The predicted octanol–water partition coefficient (Wildman–Crippen LogP) is 1.51. The molecule has 1 heterocycles. The molecule has 1 aromatic rings. The summed E-state index contributed by atoms with van der Waals surface area (Å²) in [6.07, 6.45) is 9.92. The van der Waals surface area contributed by atoms with Gasteiger partial charge in [-0.1, -0.05) is 0 Å². The third kappa shape index (κ3) is 1.65. The van der Waals surface area contributed by atoms with Crippen LogP contribution in [-0.2, 0) is 6.54 Å². The molecule has 46 valence electrons. The third-order valence-electron chi connectivity index (χ3n) is 1.18. The number of hydrogen-bond acceptors (Lipinski definition) is 0. The Balaban J connectivity index is 2.41. The fourth-order valence-electron chi connectivity index (χ4n) is 0.713. The first kappa shape index (κ1) is 5.97. The van der Waals surface area contributed by atoms with Gasteiger partial charge in [0.2, 0.25) is 0 Å². The molecule has 0 radical (unpaired) electrons. The van der Waals surface area contributed by atoms with E-state index in [-0.39, 0.29) is 0 Å². The highest BCUT2D eigenvalue weighted by Crippen LogP contribution is 1.90. The van der Waals surface area contributed by atoms with Gasteiger partial charge in [-0.2, -0.15) is 0 Å². The van der Waals surface area contributed by atoms with Crippen molar-refractivity contribution in [2.75, 3.05) is 0 Å². The molecule has 0 saturated carbocycles. The molecule has 9 heavy (non-hydrogen) atoms. The van der Waals surface area contributed by atoms with E-state index in [4.69, 9.17) is 6.42 Å². The lowest BCUT2D eigenvalue weighted by atomic mass is 10.4. The highest BCUT2D eigenvalue weighted by Gasteiger charge is 1.82. The standard InChI is InChI=1S/C8H9N/c1-2-3-6-9-7-4-5-8-9/h1,4-5,7-8H,3,6H2. The fraction of sp³-hybridized carbons (Fsp3) is 0.250. The molecule has 0 saturated heterocycles. The minimum Gasteiger partial charge on any atom is -0.353 e. The van der Waals surface area contributed by atoms with Crippen LogP contribution in [0, 0.1) is 12.3 Å². The van der Waals surface area contributed by atoms with Gasteiger partial charge in [0.15, 0.2) is 0 Å². The Kier molecular flexibility index (Phi) is 1.98. The molecule has 1 rings (SSSR count). The van der Waals surface area contributed by atoms with Crippen LogP contribution in [0.4, 0.5) is 0 Å². The minimum absolute atomic E-state index is 0.814. The quantitative estimate of drug-likeness (QED) is 0.520. The third-order valence-corrected chi connectivity index (χ3v) is 1.18. The zero-order valence-electron chi connectivity index (χ0n) is 5.25. The van der Waals surface area contributed by atoms with Crippen LogP contribution in [0.2, 0.25) is 0 Å². The van der Waals surface area contributed by atoms with Crippen molar-refractivity contribution in [2.45, 2.75) is 13.0 Å². The van der Waals surface area contributed by atoms with E-state index in [0.29, 0.717) is 0 Å². The molecule has 0 amide bonds. The van der Waals surface area contributed by atoms with E-state index in [1.807, 2.05) is 24.5 Å². The van der Waals surface area contributed by atoms with Crippen LogP contribution in [0.1, 0.15) is 6.42 Å². The molecule has 0 aliphatic heterocycles. The second-order valence-corrected chi connectivity index (χ2v) is 1.87. The van der Waals surface area contributed by atoms with E-state index in [1.54, 1.807) is 0 Å². The van der Waals surface area contributed by atoms with Gasteiger partial charge in [-0.3, -0.25) is 0 Å². The summed E-state index contributed by atoms with van der Waals surface area (Å²) >= 11 is 0. The Morgan fingerprint density at radius 3 is 2.56 bits per heavy atom. The Morgan fingerprint density at radius 2 is 2.00 bits per heavy atom.